The fourth-order valence-corrected chi connectivity index (χ4v) is 7.55. The molecule has 0 aliphatic carbocycles. The highest BCUT2D eigenvalue weighted by Gasteiger charge is 2.35. The summed E-state index contributed by atoms with van der Waals surface area (Å²) >= 11 is 8.39. The molecule has 338 valence electrons. The Morgan fingerprint density at radius 2 is 1.34 bits per heavy atom. The molecule has 7 amide bonds. The molecule has 3 aromatic rings. The van der Waals surface area contributed by atoms with Crippen molar-refractivity contribution in [2.24, 2.45) is 17.4 Å². The zero-order chi connectivity index (χ0) is 45.3. The summed E-state index contributed by atoms with van der Waals surface area (Å²) in [5.41, 5.74) is 13.2. The summed E-state index contributed by atoms with van der Waals surface area (Å²) in [6, 6.07) is 5.87. The maximum absolute atomic E-state index is 14.5. The molecule has 1 aliphatic heterocycles. The molecule has 1 fully saturated rings. The molecule has 18 nitrogen and oxygen atoms in total. The van der Waals surface area contributed by atoms with E-state index in [1.807, 2.05) is 24.3 Å². The number of phenolic OH excluding ortho intramolecular Hbond substituents is 1. The number of para-hydroxylation sites is 1. The van der Waals surface area contributed by atoms with E-state index >= 15 is 0 Å². The Labute approximate surface area is 371 Å². The Hall–Kier alpha value is -5.31. The molecule has 0 spiro atoms. The van der Waals surface area contributed by atoms with Crippen LogP contribution < -0.4 is 48.7 Å². The lowest BCUT2D eigenvalue weighted by atomic mass is 10.00. The third kappa shape index (κ3) is 14.4. The molecule has 0 radical (unpaired) electrons. The zero-order valence-corrected chi connectivity index (χ0v) is 36.7. The third-order valence-electron chi connectivity index (χ3n) is 10.6. The van der Waals surface area contributed by atoms with Crippen LogP contribution in [0.25, 0.3) is 10.9 Å². The molecule has 0 unspecified atom stereocenters. The number of nitrogens with one attached hydrogen (secondary N) is 8. The largest absolute Gasteiger partial charge is 0.508 e. The Bertz CT molecular complexity index is 2010. The van der Waals surface area contributed by atoms with Crippen LogP contribution in [0.4, 0.5) is 0 Å². The van der Waals surface area contributed by atoms with Gasteiger partial charge in [0.15, 0.2) is 0 Å². The topological polar surface area (TPSA) is 292 Å². The molecule has 1 aromatic heterocycles. The number of aromatic amines is 1. The van der Waals surface area contributed by atoms with Crippen molar-refractivity contribution >= 4 is 77.5 Å². The number of carbonyl (C=O) groups is 7. The molecule has 13 N–H and O–H groups in total. The van der Waals surface area contributed by atoms with Crippen molar-refractivity contribution in [3.05, 3.63) is 65.9 Å². The van der Waals surface area contributed by atoms with Gasteiger partial charge in [-0.15, -0.1) is 0 Å². The minimum atomic E-state index is -1.31. The number of aromatic hydroxyl groups is 1. The van der Waals surface area contributed by atoms with E-state index in [-0.39, 0.29) is 42.4 Å². The van der Waals surface area contributed by atoms with Crippen LogP contribution in [0.15, 0.2) is 54.7 Å². The first-order valence-corrected chi connectivity index (χ1v) is 22.0. The van der Waals surface area contributed by atoms with E-state index in [1.165, 1.54) is 12.1 Å². The van der Waals surface area contributed by atoms with E-state index < -0.39 is 83.7 Å². The molecular formula is C42H60N10O8S2. The minimum Gasteiger partial charge on any atom is -0.508 e. The SMILES string of the molecule is CC(C)[C@H](NC(=O)[C@H](CCCCN)NC(=O)[C@@H](Cc1c[nH]c2ccccc12)NC(=O)[C@H](Cc1ccc(O)cc1)NC(=O)[C@H](CS)NC(=O)[C@@H]1CCCN1)C(=O)N[C@@H](CS)C(N)=O. The highest BCUT2D eigenvalue weighted by molar-refractivity contribution is 7.80. The van der Waals surface area contributed by atoms with E-state index in [9.17, 15) is 38.7 Å². The van der Waals surface area contributed by atoms with Gasteiger partial charge >= 0.3 is 0 Å². The first kappa shape index (κ1) is 49.3. The molecular weight excluding hydrogens is 837 g/mol. The highest BCUT2D eigenvalue weighted by atomic mass is 32.1. The van der Waals surface area contributed by atoms with Gasteiger partial charge in [0.1, 0.15) is 42.0 Å². The number of unbranched alkanes of at least 4 members (excludes halogenated alkanes) is 1. The maximum Gasteiger partial charge on any atom is 0.244 e. The predicted octanol–water partition coefficient (Wildman–Crippen LogP) is -0.551. The Kier molecular flexibility index (Phi) is 19.4. The number of hydrogen-bond acceptors (Lipinski definition) is 12. The number of thiol groups is 2. The van der Waals surface area contributed by atoms with Crippen LogP contribution in [0, 0.1) is 5.92 Å². The van der Waals surface area contributed by atoms with E-state index in [1.54, 1.807) is 32.2 Å². The monoisotopic (exact) mass is 896 g/mol. The van der Waals surface area contributed by atoms with Gasteiger partial charge in [-0.05, 0) is 80.4 Å². The maximum atomic E-state index is 14.5. The number of H-pyrrole nitrogens is 1. The Morgan fingerprint density at radius 3 is 1.94 bits per heavy atom. The number of primary amides is 1. The number of aromatic nitrogens is 1. The standard InChI is InChI=1S/C42H60N10O8S2/c1-23(2)35(42(60)50-33(21-61)36(44)54)52-38(56)30(10-5-6-16-43)47-40(58)32(19-25-20-46-28-9-4-3-8-27(25)28)49-39(57)31(18-24-12-14-26(53)15-13-24)48-41(59)34(22-62)51-37(55)29-11-7-17-45-29/h3-4,8-9,12-15,20,23,29-35,45-46,53,61-62H,5-7,10-11,16-19,21-22,43H2,1-2H3,(H2,44,54)(H,47,58)(H,48,59)(H,49,57)(H,50,60)(H,51,55)(H,52,56)/t29-,30-,31-,32+,33-,34-,35-/m0/s1. The molecule has 1 aliphatic rings. The summed E-state index contributed by atoms with van der Waals surface area (Å²) in [5.74, 6) is -5.28. The summed E-state index contributed by atoms with van der Waals surface area (Å²) in [7, 11) is 0. The van der Waals surface area contributed by atoms with Gasteiger partial charge in [-0.1, -0.05) is 44.2 Å². The highest BCUT2D eigenvalue weighted by Crippen LogP contribution is 2.20. The molecule has 0 saturated carbocycles. The summed E-state index contributed by atoms with van der Waals surface area (Å²) in [4.78, 5) is 97.9. The molecule has 4 rings (SSSR count). The Morgan fingerprint density at radius 1 is 0.742 bits per heavy atom. The van der Waals surface area contributed by atoms with Gasteiger partial charge in [0.05, 0.1) is 6.04 Å². The van der Waals surface area contributed by atoms with Gasteiger partial charge in [0, 0.05) is 41.4 Å². The van der Waals surface area contributed by atoms with Crippen molar-refractivity contribution in [3.8, 4) is 5.75 Å². The van der Waals surface area contributed by atoms with Crippen molar-refractivity contribution in [3.63, 3.8) is 0 Å². The van der Waals surface area contributed by atoms with Crippen molar-refractivity contribution in [1.29, 1.82) is 0 Å². The van der Waals surface area contributed by atoms with Gasteiger partial charge in [0.25, 0.3) is 0 Å². The smallest absolute Gasteiger partial charge is 0.244 e. The first-order valence-electron chi connectivity index (χ1n) is 20.7. The number of benzene rings is 2. The number of rotatable bonds is 24. The van der Waals surface area contributed by atoms with Crippen molar-refractivity contribution in [2.75, 3.05) is 24.6 Å². The van der Waals surface area contributed by atoms with Gasteiger partial charge in [-0.2, -0.15) is 25.3 Å². The lowest BCUT2D eigenvalue weighted by molar-refractivity contribution is -0.135. The fourth-order valence-electron chi connectivity index (χ4n) is 7.02. The molecule has 2 aromatic carbocycles. The third-order valence-corrected chi connectivity index (χ3v) is 11.3. The zero-order valence-electron chi connectivity index (χ0n) is 34.9. The molecule has 62 heavy (non-hydrogen) atoms. The van der Waals surface area contributed by atoms with Crippen LogP contribution in [0.2, 0.25) is 0 Å². The van der Waals surface area contributed by atoms with Gasteiger partial charge in [0.2, 0.25) is 41.4 Å². The van der Waals surface area contributed by atoms with E-state index in [2.05, 4.69) is 67.5 Å². The number of hydrogen-bond donors (Lipinski definition) is 13. The van der Waals surface area contributed by atoms with Crippen LogP contribution >= 0.6 is 25.3 Å². The van der Waals surface area contributed by atoms with Crippen LogP contribution in [-0.2, 0) is 46.4 Å². The number of nitrogens with two attached hydrogens (primary N) is 2. The number of carbonyl (C=O) groups excluding carboxylic acids is 7. The number of amides is 7. The molecule has 7 atom stereocenters. The molecule has 0 bridgehead atoms. The molecule has 1 saturated heterocycles. The van der Waals surface area contributed by atoms with E-state index in [0.29, 0.717) is 43.5 Å². The van der Waals surface area contributed by atoms with Crippen molar-refractivity contribution in [2.45, 2.75) is 101 Å². The summed E-state index contributed by atoms with van der Waals surface area (Å²) in [6.07, 6.45) is 4.10. The second-order valence-electron chi connectivity index (χ2n) is 15.7. The summed E-state index contributed by atoms with van der Waals surface area (Å²) in [6.45, 7) is 4.39. The van der Waals surface area contributed by atoms with E-state index in [4.69, 9.17) is 11.5 Å². The first-order chi connectivity index (χ1) is 29.6. The second-order valence-corrected chi connectivity index (χ2v) is 16.4. The van der Waals surface area contributed by atoms with Crippen molar-refractivity contribution < 1.29 is 38.7 Å². The summed E-state index contributed by atoms with van der Waals surface area (Å²) in [5, 5.41) is 30.1. The van der Waals surface area contributed by atoms with Gasteiger partial charge in [-0.25, -0.2) is 0 Å². The van der Waals surface area contributed by atoms with Gasteiger partial charge < -0.3 is 58.8 Å². The average molecular weight is 897 g/mol. The minimum absolute atomic E-state index is 0.00876. The number of fused-ring (bicyclic) bond motifs is 1. The van der Waals surface area contributed by atoms with Gasteiger partial charge in [-0.3, -0.25) is 33.6 Å². The molecule has 2 heterocycles. The van der Waals surface area contributed by atoms with Crippen molar-refractivity contribution in [1.82, 2.24) is 42.2 Å². The quantitative estimate of drug-likeness (QED) is 0.0402. The Balaban J connectivity index is 1.64. The van der Waals surface area contributed by atoms with Crippen LogP contribution in [0.5, 0.6) is 5.75 Å². The fraction of sp³-hybridized carbons (Fsp3) is 0.500. The summed E-state index contributed by atoms with van der Waals surface area (Å²) < 4.78 is 0. The average Bonchev–Trinajstić information content (AvgIpc) is 3.94. The second kappa shape index (κ2) is 24.4. The molecule has 20 heteroatoms. The van der Waals surface area contributed by atoms with Crippen LogP contribution in [-0.4, -0.2) is 118 Å². The van der Waals surface area contributed by atoms with Crippen LogP contribution in [0.3, 0.4) is 0 Å². The lowest BCUT2D eigenvalue weighted by Crippen LogP contribution is -2.61. The normalized spacial score (nSPS) is 16.6. The predicted molar refractivity (Wildman–Crippen MR) is 241 cm³/mol. The van der Waals surface area contributed by atoms with Crippen LogP contribution in [0.1, 0.15) is 57.1 Å². The lowest BCUT2D eigenvalue weighted by Gasteiger charge is -2.28. The van der Waals surface area contributed by atoms with E-state index in [0.717, 1.165) is 17.3 Å². The number of phenols is 1.